The summed E-state index contributed by atoms with van der Waals surface area (Å²) >= 11 is 6.77. The fourth-order valence-corrected chi connectivity index (χ4v) is 1.95. The van der Waals surface area contributed by atoms with Gasteiger partial charge in [-0.1, -0.05) is 16.1 Å². The molecule has 5 nitrogen and oxygen atoms in total. The minimum atomic E-state index is -0.366. The van der Waals surface area contributed by atoms with E-state index in [9.17, 15) is 9.90 Å². The van der Waals surface area contributed by atoms with E-state index in [0.29, 0.717) is 15.6 Å². The van der Waals surface area contributed by atoms with Gasteiger partial charge in [-0.05, 0) is 36.7 Å². The number of nitrogens with zero attached hydrogens (tertiary/aromatic N) is 2. The van der Waals surface area contributed by atoms with E-state index in [2.05, 4.69) is 14.9 Å². The van der Waals surface area contributed by atoms with Crippen LogP contribution in [0.25, 0.3) is 0 Å². The maximum absolute atomic E-state index is 11.8. The number of hydrogen-bond acceptors (Lipinski definition) is 5. The molecule has 2 aromatic rings. The van der Waals surface area contributed by atoms with Crippen molar-refractivity contribution in [2.75, 3.05) is 5.32 Å². The molecule has 0 spiro atoms. The van der Waals surface area contributed by atoms with Crippen LogP contribution in [0.4, 0.5) is 5.69 Å². The first-order valence-corrected chi connectivity index (χ1v) is 5.82. The summed E-state index contributed by atoms with van der Waals surface area (Å²) in [6.07, 6.45) is 0. The van der Waals surface area contributed by atoms with Crippen molar-refractivity contribution >= 4 is 34.7 Å². The van der Waals surface area contributed by atoms with Gasteiger partial charge in [0.05, 0.1) is 11.4 Å². The summed E-state index contributed by atoms with van der Waals surface area (Å²) in [7, 11) is 0. The largest absolute Gasteiger partial charge is 0.506 e. The van der Waals surface area contributed by atoms with Crippen molar-refractivity contribution in [3.8, 4) is 5.75 Å². The van der Waals surface area contributed by atoms with Gasteiger partial charge < -0.3 is 10.4 Å². The van der Waals surface area contributed by atoms with Gasteiger partial charge in [-0.25, -0.2) is 0 Å². The Morgan fingerprint density at radius 1 is 1.53 bits per heavy atom. The number of aromatic nitrogens is 2. The molecule has 2 rings (SSSR count). The maximum Gasteiger partial charge on any atom is 0.269 e. The molecule has 1 amide bonds. The average molecular weight is 270 g/mol. The van der Waals surface area contributed by atoms with Gasteiger partial charge in [-0.3, -0.25) is 4.79 Å². The van der Waals surface area contributed by atoms with E-state index in [0.717, 1.165) is 11.5 Å². The fourth-order valence-electron chi connectivity index (χ4n) is 1.23. The minimum Gasteiger partial charge on any atom is -0.506 e. The van der Waals surface area contributed by atoms with Gasteiger partial charge in [0.15, 0.2) is 0 Å². The number of anilines is 1. The lowest BCUT2D eigenvalue weighted by Crippen LogP contribution is -2.11. The van der Waals surface area contributed by atoms with Crippen molar-refractivity contribution in [1.29, 1.82) is 0 Å². The third-order valence-corrected chi connectivity index (χ3v) is 3.13. The molecule has 17 heavy (non-hydrogen) atoms. The Kier molecular flexibility index (Phi) is 3.26. The Hall–Kier alpha value is -1.66. The molecular weight excluding hydrogens is 262 g/mol. The van der Waals surface area contributed by atoms with E-state index >= 15 is 0 Å². The number of hydrogen-bond donors (Lipinski definition) is 2. The molecule has 0 bridgehead atoms. The first kappa shape index (κ1) is 11.8. The molecule has 0 fully saturated rings. The standard InChI is InChI=1S/C10H8ClN3O2S/c1-5-9(17-14-13-5)10(16)12-7-4-6(11)2-3-8(7)15/h2-4,15H,1H3,(H,12,16). The smallest absolute Gasteiger partial charge is 0.269 e. The van der Waals surface area contributed by atoms with E-state index < -0.39 is 0 Å². The van der Waals surface area contributed by atoms with Gasteiger partial charge in [0.25, 0.3) is 5.91 Å². The second-order valence-corrected chi connectivity index (χ2v) is 4.49. The first-order valence-electron chi connectivity index (χ1n) is 4.67. The molecule has 0 unspecified atom stereocenters. The van der Waals surface area contributed by atoms with Gasteiger partial charge >= 0.3 is 0 Å². The molecular formula is C10H8ClN3O2S. The zero-order valence-electron chi connectivity index (χ0n) is 8.77. The fraction of sp³-hybridized carbons (Fsp3) is 0.100. The van der Waals surface area contributed by atoms with Crippen molar-refractivity contribution in [2.24, 2.45) is 0 Å². The molecule has 0 radical (unpaired) electrons. The molecule has 88 valence electrons. The van der Waals surface area contributed by atoms with Crippen LogP contribution in [0.1, 0.15) is 15.4 Å². The van der Waals surface area contributed by atoms with Gasteiger partial charge in [-0.15, -0.1) is 5.10 Å². The zero-order valence-corrected chi connectivity index (χ0v) is 10.3. The number of phenols is 1. The summed E-state index contributed by atoms with van der Waals surface area (Å²) in [6, 6.07) is 4.42. The number of carbonyl (C=O) groups is 1. The van der Waals surface area contributed by atoms with Crippen LogP contribution >= 0.6 is 23.1 Å². The number of benzene rings is 1. The predicted octanol–water partition coefficient (Wildman–Crippen LogP) is 2.46. The van der Waals surface area contributed by atoms with E-state index in [1.54, 1.807) is 6.92 Å². The molecule has 1 aromatic heterocycles. The Morgan fingerprint density at radius 3 is 2.94 bits per heavy atom. The third-order valence-electron chi connectivity index (χ3n) is 2.06. The lowest BCUT2D eigenvalue weighted by molar-refractivity contribution is 0.102. The lowest BCUT2D eigenvalue weighted by Gasteiger charge is -2.06. The topological polar surface area (TPSA) is 75.1 Å². The molecule has 0 saturated carbocycles. The second kappa shape index (κ2) is 4.68. The molecule has 0 aliphatic heterocycles. The van der Waals surface area contributed by atoms with Gasteiger partial charge in [0, 0.05) is 5.02 Å². The molecule has 7 heteroatoms. The monoisotopic (exact) mass is 269 g/mol. The normalized spacial score (nSPS) is 10.2. The highest BCUT2D eigenvalue weighted by molar-refractivity contribution is 7.08. The van der Waals surface area contributed by atoms with Gasteiger partial charge in [0.2, 0.25) is 0 Å². The molecule has 1 heterocycles. The van der Waals surface area contributed by atoms with Crippen molar-refractivity contribution in [3.63, 3.8) is 0 Å². The molecule has 0 aliphatic rings. The number of nitrogens with one attached hydrogen (secondary N) is 1. The van der Waals surface area contributed by atoms with Crippen molar-refractivity contribution < 1.29 is 9.90 Å². The van der Waals surface area contributed by atoms with Gasteiger partial charge in [0.1, 0.15) is 10.6 Å². The molecule has 2 N–H and O–H groups in total. The SMILES string of the molecule is Cc1nnsc1C(=O)Nc1cc(Cl)ccc1O. The summed E-state index contributed by atoms with van der Waals surface area (Å²) in [5.41, 5.74) is 0.810. The highest BCUT2D eigenvalue weighted by Crippen LogP contribution is 2.27. The van der Waals surface area contributed by atoms with Crippen LogP contribution in [0.2, 0.25) is 5.02 Å². The van der Waals surface area contributed by atoms with Crippen molar-refractivity contribution in [3.05, 3.63) is 33.8 Å². The van der Waals surface area contributed by atoms with E-state index in [-0.39, 0.29) is 17.3 Å². The predicted molar refractivity (Wildman–Crippen MR) is 65.7 cm³/mol. The van der Waals surface area contributed by atoms with Crippen molar-refractivity contribution in [1.82, 2.24) is 9.59 Å². The molecule has 1 aromatic carbocycles. The van der Waals surface area contributed by atoms with E-state index in [4.69, 9.17) is 11.6 Å². The Labute approximate surface area is 106 Å². The zero-order chi connectivity index (χ0) is 12.4. The van der Waals surface area contributed by atoms with Crippen LogP contribution < -0.4 is 5.32 Å². The van der Waals surface area contributed by atoms with Crippen LogP contribution in [0.3, 0.4) is 0 Å². The Morgan fingerprint density at radius 2 is 2.29 bits per heavy atom. The molecule has 0 aliphatic carbocycles. The number of amides is 1. The lowest BCUT2D eigenvalue weighted by atomic mass is 10.3. The number of carbonyl (C=O) groups excluding carboxylic acids is 1. The van der Waals surface area contributed by atoms with E-state index in [1.807, 2.05) is 0 Å². The van der Waals surface area contributed by atoms with Crippen LogP contribution in [0.5, 0.6) is 5.75 Å². The summed E-state index contributed by atoms with van der Waals surface area (Å²) in [5.74, 6) is -0.409. The first-order chi connectivity index (χ1) is 8.08. The van der Waals surface area contributed by atoms with Crippen LogP contribution in [-0.2, 0) is 0 Å². The van der Waals surface area contributed by atoms with E-state index in [1.165, 1.54) is 18.2 Å². The van der Waals surface area contributed by atoms with Crippen LogP contribution in [0, 0.1) is 6.92 Å². The second-order valence-electron chi connectivity index (χ2n) is 3.30. The molecule has 0 atom stereocenters. The summed E-state index contributed by atoms with van der Waals surface area (Å²) in [6.45, 7) is 1.69. The van der Waals surface area contributed by atoms with Gasteiger partial charge in [-0.2, -0.15) is 0 Å². The minimum absolute atomic E-state index is 0.0436. The highest BCUT2D eigenvalue weighted by Gasteiger charge is 2.14. The number of aromatic hydroxyl groups is 1. The quantitative estimate of drug-likeness (QED) is 0.821. The number of rotatable bonds is 2. The number of phenolic OH excluding ortho intramolecular Hbond substituents is 1. The number of aryl methyl sites for hydroxylation is 1. The molecule has 0 saturated heterocycles. The Balaban J connectivity index is 2.24. The Bertz CT molecular complexity index is 570. The number of halogens is 1. The van der Waals surface area contributed by atoms with Crippen molar-refractivity contribution in [2.45, 2.75) is 6.92 Å². The maximum atomic E-state index is 11.8. The summed E-state index contributed by atoms with van der Waals surface area (Å²) in [4.78, 5) is 12.2. The van der Waals surface area contributed by atoms with Crippen LogP contribution in [0.15, 0.2) is 18.2 Å². The summed E-state index contributed by atoms with van der Waals surface area (Å²) in [5, 5.41) is 16.3. The van der Waals surface area contributed by atoms with Crippen LogP contribution in [-0.4, -0.2) is 20.6 Å². The highest BCUT2D eigenvalue weighted by atomic mass is 35.5. The summed E-state index contributed by atoms with van der Waals surface area (Å²) < 4.78 is 3.67. The average Bonchev–Trinajstić information content (AvgIpc) is 2.70. The third kappa shape index (κ3) is 2.54.